The van der Waals surface area contributed by atoms with Crippen LogP contribution in [0.3, 0.4) is 0 Å². The van der Waals surface area contributed by atoms with Gasteiger partial charge in [-0.1, -0.05) is 0 Å². The summed E-state index contributed by atoms with van der Waals surface area (Å²) in [5, 5.41) is 58.4. The average molecular weight is 318 g/mol. The first-order valence-electron chi connectivity index (χ1n) is 6.64. The van der Waals surface area contributed by atoms with Gasteiger partial charge in [0.15, 0.2) is 22.8 Å². The molecule has 1 aliphatic rings. The van der Waals surface area contributed by atoms with E-state index in [1.165, 1.54) is 19.1 Å². The van der Waals surface area contributed by atoms with E-state index in [0.717, 1.165) is 18.2 Å². The van der Waals surface area contributed by atoms with E-state index in [9.17, 15) is 30.6 Å². The Balaban J connectivity index is 2.18. The summed E-state index contributed by atoms with van der Waals surface area (Å²) in [4.78, 5) is 0. The molecule has 1 aliphatic heterocycles. The number of rotatable bonds is 1. The van der Waals surface area contributed by atoms with Gasteiger partial charge in [0.05, 0.1) is 5.56 Å². The summed E-state index contributed by atoms with van der Waals surface area (Å²) in [6.07, 6.45) is 1.26. The van der Waals surface area contributed by atoms with Gasteiger partial charge >= 0.3 is 0 Å². The van der Waals surface area contributed by atoms with E-state index in [1.807, 2.05) is 0 Å². The zero-order valence-corrected chi connectivity index (χ0v) is 12.0. The van der Waals surface area contributed by atoms with E-state index in [-0.39, 0.29) is 34.1 Å². The Morgan fingerprint density at radius 2 is 1.43 bits per heavy atom. The Labute approximate surface area is 130 Å². The molecule has 0 aromatic heterocycles. The van der Waals surface area contributed by atoms with Gasteiger partial charge in [0, 0.05) is 17.7 Å². The first kappa shape index (κ1) is 14.7. The zero-order chi connectivity index (χ0) is 16.9. The van der Waals surface area contributed by atoms with Gasteiger partial charge in [0.25, 0.3) is 0 Å². The molecule has 0 bridgehead atoms. The molecule has 7 nitrogen and oxygen atoms in total. The largest absolute Gasteiger partial charge is 0.508 e. The first-order chi connectivity index (χ1) is 10.7. The number of hydrogen-bond donors (Lipinski definition) is 6. The van der Waals surface area contributed by atoms with Crippen LogP contribution in [-0.4, -0.2) is 30.6 Å². The van der Waals surface area contributed by atoms with Crippen molar-refractivity contribution in [1.29, 1.82) is 0 Å². The topological polar surface area (TPSA) is 131 Å². The second kappa shape index (κ2) is 4.64. The Morgan fingerprint density at radius 1 is 0.826 bits per heavy atom. The van der Waals surface area contributed by atoms with E-state index < -0.39 is 22.8 Å². The van der Waals surface area contributed by atoms with E-state index in [1.54, 1.807) is 0 Å². The van der Waals surface area contributed by atoms with E-state index >= 15 is 0 Å². The van der Waals surface area contributed by atoms with Gasteiger partial charge in [0.2, 0.25) is 0 Å². The van der Waals surface area contributed by atoms with Crippen molar-refractivity contribution in [3.8, 4) is 34.5 Å². The maximum absolute atomic E-state index is 10.3. The highest BCUT2D eigenvalue weighted by Gasteiger charge is 2.39. The van der Waals surface area contributed by atoms with Crippen molar-refractivity contribution in [2.75, 3.05) is 0 Å². The molecule has 0 radical (unpaired) electrons. The summed E-state index contributed by atoms with van der Waals surface area (Å²) in [5.74, 6) is -2.54. The van der Waals surface area contributed by atoms with Crippen molar-refractivity contribution in [2.45, 2.75) is 12.5 Å². The predicted octanol–water partition coefficient (Wildman–Crippen LogP) is 2.42. The summed E-state index contributed by atoms with van der Waals surface area (Å²) in [6, 6.07) is 4.63. The highest BCUT2D eigenvalue weighted by atomic mass is 16.5. The van der Waals surface area contributed by atoms with Crippen LogP contribution < -0.4 is 4.74 Å². The summed E-state index contributed by atoms with van der Waals surface area (Å²) in [5.41, 5.74) is -1.16. The zero-order valence-electron chi connectivity index (χ0n) is 12.0. The lowest BCUT2D eigenvalue weighted by Gasteiger charge is -2.34. The third-order valence-corrected chi connectivity index (χ3v) is 3.81. The molecule has 3 rings (SSSR count). The quantitative estimate of drug-likeness (QED) is 0.445. The molecule has 1 heterocycles. The highest BCUT2D eigenvalue weighted by molar-refractivity contribution is 5.70. The van der Waals surface area contributed by atoms with Crippen LogP contribution in [0.25, 0.3) is 6.08 Å². The minimum atomic E-state index is -1.50. The maximum atomic E-state index is 10.3. The van der Waals surface area contributed by atoms with Crippen molar-refractivity contribution in [3.05, 3.63) is 41.2 Å². The van der Waals surface area contributed by atoms with Crippen molar-refractivity contribution in [1.82, 2.24) is 0 Å². The second-order valence-corrected chi connectivity index (χ2v) is 5.40. The van der Waals surface area contributed by atoms with E-state index in [0.29, 0.717) is 0 Å². The SMILES string of the molecule is CC1(c2cc(O)c(O)c(O)c2)Oc2cc(O)cc(O)c2C=C1O. The molecule has 120 valence electrons. The molecule has 2 aromatic rings. The molecule has 0 fully saturated rings. The number of ether oxygens (including phenoxy) is 1. The molecule has 23 heavy (non-hydrogen) atoms. The van der Waals surface area contributed by atoms with Crippen molar-refractivity contribution < 1.29 is 35.4 Å². The Hall–Kier alpha value is -3.22. The van der Waals surface area contributed by atoms with Crippen LogP contribution in [0.1, 0.15) is 18.1 Å². The fraction of sp³-hybridized carbons (Fsp3) is 0.125. The lowest BCUT2D eigenvalue weighted by Crippen LogP contribution is -2.34. The number of phenolic OH excluding ortho intramolecular Hbond substituents is 5. The van der Waals surface area contributed by atoms with Gasteiger partial charge in [-0.3, -0.25) is 0 Å². The van der Waals surface area contributed by atoms with Crippen LogP contribution in [0.2, 0.25) is 0 Å². The summed E-state index contributed by atoms with van der Waals surface area (Å²) in [6.45, 7) is 1.47. The first-order valence-corrected chi connectivity index (χ1v) is 6.64. The summed E-state index contributed by atoms with van der Waals surface area (Å²) in [7, 11) is 0. The van der Waals surface area contributed by atoms with Gasteiger partial charge < -0.3 is 35.4 Å². The van der Waals surface area contributed by atoms with Crippen LogP contribution in [0.15, 0.2) is 30.0 Å². The van der Waals surface area contributed by atoms with Crippen LogP contribution in [-0.2, 0) is 5.60 Å². The monoisotopic (exact) mass is 318 g/mol. The highest BCUT2D eigenvalue weighted by Crippen LogP contribution is 2.47. The molecule has 7 heteroatoms. The molecule has 1 atom stereocenters. The molecule has 1 unspecified atom stereocenters. The molecule has 0 amide bonds. The van der Waals surface area contributed by atoms with Crippen LogP contribution in [0.4, 0.5) is 0 Å². The second-order valence-electron chi connectivity index (χ2n) is 5.40. The van der Waals surface area contributed by atoms with Crippen LogP contribution in [0.5, 0.6) is 34.5 Å². The molecule has 0 saturated carbocycles. The molecule has 6 N–H and O–H groups in total. The van der Waals surface area contributed by atoms with Crippen molar-refractivity contribution >= 4 is 6.08 Å². The normalized spacial score (nSPS) is 19.6. The standard InChI is InChI=1S/C16H14O7/c1-16(7-2-11(19)15(22)12(20)3-7)14(21)6-9-10(18)4-8(17)5-13(9)23-16/h2-6,17-22H,1H3. The van der Waals surface area contributed by atoms with Crippen molar-refractivity contribution in [2.24, 2.45) is 0 Å². The summed E-state index contributed by atoms with van der Waals surface area (Å²) >= 11 is 0. The Kier molecular flexibility index (Phi) is 2.97. The molecule has 2 aromatic carbocycles. The lowest BCUT2D eigenvalue weighted by atomic mass is 9.89. The minimum absolute atomic E-state index is 0.106. The van der Waals surface area contributed by atoms with Gasteiger partial charge in [-0.05, 0) is 25.1 Å². The number of hydrogen-bond acceptors (Lipinski definition) is 7. The minimum Gasteiger partial charge on any atom is -0.508 e. The average Bonchev–Trinajstić information content (AvgIpc) is 2.46. The predicted molar refractivity (Wildman–Crippen MR) is 79.8 cm³/mol. The number of phenols is 5. The third-order valence-electron chi connectivity index (χ3n) is 3.81. The van der Waals surface area contributed by atoms with Crippen molar-refractivity contribution in [3.63, 3.8) is 0 Å². The van der Waals surface area contributed by atoms with Gasteiger partial charge in [-0.2, -0.15) is 0 Å². The molecule has 0 saturated heterocycles. The van der Waals surface area contributed by atoms with Gasteiger partial charge in [-0.25, -0.2) is 0 Å². The van der Waals surface area contributed by atoms with E-state index in [2.05, 4.69) is 0 Å². The van der Waals surface area contributed by atoms with Crippen LogP contribution in [0, 0.1) is 0 Å². The number of aromatic hydroxyl groups is 5. The molecular formula is C16H14O7. The van der Waals surface area contributed by atoms with Gasteiger partial charge in [0.1, 0.15) is 23.0 Å². The fourth-order valence-corrected chi connectivity index (χ4v) is 2.46. The Morgan fingerprint density at radius 3 is 2.04 bits per heavy atom. The number of aliphatic hydroxyl groups is 1. The van der Waals surface area contributed by atoms with Gasteiger partial charge in [-0.15, -0.1) is 0 Å². The lowest BCUT2D eigenvalue weighted by molar-refractivity contribution is 0.0726. The van der Waals surface area contributed by atoms with Crippen LogP contribution >= 0.6 is 0 Å². The third kappa shape index (κ3) is 2.13. The Bertz CT molecular complexity index is 818. The van der Waals surface area contributed by atoms with E-state index in [4.69, 9.17) is 4.74 Å². The number of aliphatic hydroxyl groups excluding tert-OH is 1. The molecule has 0 spiro atoms. The number of benzene rings is 2. The molecular weight excluding hydrogens is 304 g/mol. The maximum Gasteiger partial charge on any atom is 0.200 e. The molecule has 0 aliphatic carbocycles. The summed E-state index contributed by atoms with van der Waals surface area (Å²) < 4.78 is 5.69. The fourth-order valence-electron chi connectivity index (χ4n) is 2.46. The number of fused-ring (bicyclic) bond motifs is 1. The smallest absolute Gasteiger partial charge is 0.200 e.